The van der Waals surface area contributed by atoms with Crippen molar-refractivity contribution in [3.63, 3.8) is 0 Å². The fourth-order valence-corrected chi connectivity index (χ4v) is 2.80. The first-order chi connectivity index (χ1) is 12.8. The van der Waals surface area contributed by atoms with Crippen molar-refractivity contribution in [1.29, 1.82) is 10.5 Å². The number of hydrogen-bond acceptors (Lipinski definition) is 8. The molecule has 136 valence electrons. The smallest absolute Gasteiger partial charge is 0.397 e. The van der Waals surface area contributed by atoms with Crippen LogP contribution < -0.4 is 22.1 Å². The number of nitriles is 2. The Kier molecular flexibility index (Phi) is 4.21. The van der Waals surface area contributed by atoms with Gasteiger partial charge in [-0.1, -0.05) is 18.2 Å². The van der Waals surface area contributed by atoms with Crippen LogP contribution in [0, 0.1) is 22.8 Å². The van der Waals surface area contributed by atoms with Crippen molar-refractivity contribution in [3.8, 4) is 12.3 Å². The number of alkyl halides is 3. The van der Waals surface area contributed by atoms with E-state index in [1.54, 1.807) is 12.3 Å². The molecule has 1 aliphatic rings. The average Bonchev–Trinajstić information content (AvgIpc) is 2.60. The van der Waals surface area contributed by atoms with Gasteiger partial charge >= 0.3 is 6.18 Å². The highest BCUT2D eigenvalue weighted by Gasteiger charge is 2.38. The molecule has 2 heterocycles. The van der Waals surface area contributed by atoms with Gasteiger partial charge in [0.2, 0.25) is 5.96 Å². The summed E-state index contributed by atoms with van der Waals surface area (Å²) in [4.78, 5) is 8.12. The Morgan fingerprint density at radius 1 is 1.19 bits per heavy atom. The maximum absolute atomic E-state index is 13.5. The molecule has 0 aliphatic carbocycles. The van der Waals surface area contributed by atoms with E-state index in [-0.39, 0.29) is 40.0 Å². The van der Waals surface area contributed by atoms with Gasteiger partial charge in [-0.3, -0.25) is 5.32 Å². The van der Waals surface area contributed by atoms with Gasteiger partial charge in [0.1, 0.15) is 29.3 Å². The minimum Gasteiger partial charge on any atom is -0.397 e. The molecular weight excluding hydrogens is 361 g/mol. The van der Waals surface area contributed by atoms with E-state index in [2.05, 4.69) is 20.6 Å². The van der Waals surface area contributed by atoms with E-state index in [1.807, 2.05) is 0 Å². The lowest BCUT2D eigenvalue weighted by Crippen LogP contribution is -2.33. The topological polar surface area (TPSA) is 149 Å². The molecule has 1 aromatic heterocycles. The Hall–Kier alpha value is -3.99. The molecular formula is C16H11F3N8. The number of halogens is 3. The zero-order chi connectivity index (χ0) is 19.8. The molecule has 0 saturated carbocycles. The minimum absolute atomic E-state index is 0.0127. The van der Waals surface area contributed by atoms with Crippen LogP contribution in [0.3, 0.4) is 0 Å². The lowest BCUT2D eigenvalue weighted by atomic mass is 9.91. The number of hydrogen-bond donors (Lipinski definition) is 4. The molecule has 0 bridgehead atoms. The number of aliphatic imine (C=N–C) groups is 1. The van der Waals surface area contributed by atoms with Gasteiger partial charge in [-0.15, -0.1) is 0 Å². The maximum Gasteiger partial charge on any atom is 0.416 e. The zero-order valence-electron chi connectivity index (χ0n) is 13.5. The molecule has 1 unspecified atom stereocenters. The molecule has 0 fully saturated rings. The highest BCUT2D eigenvalue weighted by atomic mass is 19.4. The number of rotatable bonds is 1. The predicted octanol–water partition coefficient (Wildman–Crippen LogP) is 2.08. The number of nitrogens with two attached hydrogens (primary N) is 2. The third-order valence-corrected chi connectivity index (χ3v) is 3.92. The zero-order valence-corrected chi connectivity index (χ0v) is 13.5. The van der Waals surface area contributed by atoms with E-state index >= 15 is 0 Å². The number of fused-ring (bicyclic) bond motifs is 1. The Morgan fingerprint density at radius 3 is 2.52 bits per heavy atom. The first-order valence-corrected chi connectivity index (χ1v) is 7.43. The van der Waals surface area contributed by atoms with Gasteiger partial charge in [0.15, 0.2) is 6.19 Å². The maximum atomic E-state index is 13.5. The Labute approximate surface area is 150 Å². The summed E-state index contributed by atoms with van der Waals surface area (Å²) >= 11 is 0. The van der Waals surface area contributed by atoms with Crippen LogP contribution in [0.5, 0.6) is 0 Å². The first-order valence-electron chi connectivity index (χ1n) is 7.43. The third-order valence-electron chi connectivity index (χ3n) is 3.92. The molecule has 1 atom stereocenters. The summed E-state index contributed by atoms with van der Waals surface area (Å²) in [5.74, 6) is -0.302. The second kappa shape index (κ2) is 6.38. The summed E-state index contributed by atoms with van der Waals surface area (Å²) in [5, 5.41) is 22.9. The Morgan fingerprint density at radius 2 is 1.89 bits per heavy atom. The van der Waals surface area contributed by atoms with Crippen LogP contribution in [0.25, 0.3) is 0 Å². The number of pyridine rings is 1. The molecule has 27 heavy (non-hydrogen) atoms. The number of anilines is 3. The van der Waals surface area contributed by atoms with E-state index in [4.69, 9.17) is 16.7 Å². The molecule has 8 nitrogen and oxygen atoms in total. The van der Waals surface area contributed by atoms with Crippen LogP contribution in [0.15, 0.2) is 29.3 Å². The fraction of sp³-hybridized carbons (Fsp3) is 0.125. The molecule has 1 aromatic carbocycles. The van der Waals surface area contributed by atoms with Crippen LogP contribution >= 0.6 is 0 Å². The monoisotopic (exact) mass is 372 g/mol. The highest BCUT2D eigenvalue weighted by molar-refractivity contribution is 5.98. The average molecular weight is 372 g/mol. The molecule has 2 aromatic rings. The molecule has 0 amide bonds. The quantitative estimate of drug-likeness (QED) is 0.442. The summed E-state index contributed by atoms with van der Waals surface area (Å²) in [5.41, 5.74) is 10.4. The second-order valence-electron chi connectivity index (χ2n) is 5.49. The van der Waals surface area contributed by atoms with Gasteiger partial charge in [0.05, 0.1) is 11.3 Å². The second-order valence-corrected chi connectivity index (χ2v) is 5.49. The minimum atomic E-state index is -4.64. The van der Waals surface area contributed by atoms with Crippen LogP contribution in [-0.2, 0) is 6.18 Å². The fourth-order valence-electron chi connectivity index (χ4n) is 2.80. The Balaban J connectivity index is 2.32. The van der Waals surface area contributed by atoms with Crippen LogP contribution in [-0.4, -0.2) is 10.9 Å². The van der Waals surface area contributed by atoms with Gasteiger partial charge in [0, 0.05) is 5.56 Å². The summed E-state index contributed by atoms with van der Waals surface area (Å²) < 4.78 is 40.5. The highest BCUT2D eigenvalue weighted by Crippen LogP contribution is 2.44. The van der Waals surface area contributed by atoms with Gasteiger partial charge in [0.25, 0.3) is 0 Å². The lowest BCUT2D eigenvalue weighted by molar-refractivity contribution is -0.138. The van der Waals surface area contributed by atoms with Gasteiger partial charge < -0.3 is 16.8 Å². The molecule has 0 saturated heterocycles. The first kappa shape index (κ1) is 17.8. The molecule has 3 rings (SSSR count). The summed E-state index contributed by atoms with van der Waals surface area (Å²) in [6, 6.07) is 5.36. The van der Waals surface area contributed by atoms with Crippen LogP contribution in [0.1, 0.15) is 28.3 Å². The lowest BCUT2D eigenvalue weighted by Gasteiger charge is -2.27. The molecule has 0 spiro atoms. The number of nitrogens with one attached hydrogen (secondary N) is 2. The Bertz CT molecular complexity index is 1030. The SMILES string of the molecule is N#CNC1=NC(c2ccccc2C(F)(F)F)c2c(nc(N)c(C#N)c2N)N1. The van der Waals surface area contributed by atoms with Crippen molar-refractivity contribution in [3.05, 3.63) is 46.5 Å². The van der Waals surface area contributed by atoms with E-state index in [0.29, 0.717) is 0 Å². The largest absolute Gasteiger partial charge is 0.416 e. The van der Waals surface area contributed by atoms with Crippen molar-refractivity contribution in [2.45, 2.75) is 12.2 Å². The molecule has 1 aliphatic heterocycles. The van der Waals surface area contributed by atoms with Crippen LogP contribution in [0.2, 0.25) is 0 Å². The number of guanidine groups is 1. The van der Waals surface area contributed by atoms with E-state index in [9.17, 15) is 18.4 Å². The van der Waals surface area contributed by atoms with Crippen molar-refractivity contribution in [2.75, 3.05) is 16.8 Å². The van der Waals surface area contributed by atoms with Gasteiger partial charge in [-0.25, -0.2) is 9.98 Å². The number of aromatic nitrogens is 1. The number of nitrogen functional groups attached to an aromatic ring is 2. The van der Waals surface area contributed by atoms with E-state index in [0.717, 1.165) is 6.07 Å². The molecule has 11 heteroatoms. The predicted molar refractivity (Wildman–Crippen MR) is 90.9 cm³/mol. The molecule has 0 radical (unpaired) electrons. The number of benzene rings is 1. The standard InChI is InChI=1S/C16H11F3N8/c17-16(18,19)9-4-2-1-3-7(9)12-10-11(22)8(5-20)13(23)26-14(10)27-15(25-12)24-6-21/h1-4,12H,(H6,22,23,24,25,26,27). The van der Waals surface area contributed by atoms with Crippen molar-refractivity contribution in [2.24, 2.45) is 4.99 Å². The summed E-state index contributed by atoms with van der Waals surface area (Å²) in [6.45, 7) is 0. The van der Waals surface area contributed by atoms with Gasteiger partial charge in [-0.2, -0.15) is 23.7 Å². The van der Waals surface area contributed by atoms with Crippen molar-refractivity contribution >= 4 is 23.3 Å². The molecule has 6 N–H and O–H groups in total. The number of nitrogens with zero attached hydrogens (tertiary/aromatic N) is 4. The van der Waals surface area contributed by atoms with Crippen molar-refractivity contribution < 1.29 is 13.2 Å². The normalized spacial score (nSPS) is 15.6. The van der Waals surface area contributed by atoms with E-state index < -0.39 is 17.8 Å². The van der Waals surface area contributed by atoms with E-state index in [1.165, 1.54) is 18.2 Å². The summed E-state index contributed by atoms with van der Waals surface area (Å²) in [6.07, 6.45) is -3.02. The van der Waals surface area contributed by atoms with Gasteiger partial charge in [-0.05, 0) is 11.6 Å². The third kappa shape index (κ3) is 3.02. The summed E-state index contributed by atoms with van der Waals surface area (Å²) in [7, 11) is 0. The van der Waals surface area contributed by atoms with Crippen molar-refractivity contribution in [1.82, 2.24) is 10.3 Å². The van der Waals surface area contributed by atoms with Crippen LogP contribution in [0.4, 0.5) is 30.5 Å².